The Bertz CT molecular complexity index is 2240. The highest BCUT2D eigenvalue weighted by Crippen LogP contribution is 2.65. The van der Waals surface area contributed by atoms with Crippen molar-refractivity contribution < 1.29 is 0 Å². The molecule has 5 aromatic rings. The minimum absolute atomic E-state index is 0.254. The molecule has 3 atom stereocenters. The summed E-state index contributed by atoms with van der Waals surface area (Å²) in [6.07, 6.45) is 21.0. The third-order valence-electron chi connectivity index (χ3n) is 10.9. The van der Waals surface area contributed by atoms with Crippen molar-refractivity contribution >= 4 is 28.1 Å². The van der Waals surface area contributed by atoms with Crippen LogP contribution in [0.15, 0.2) is 139 Å². The molecule has 1 N–H and O–H groups in total. The first-order valence-electron chi connectivity index (χ1n) is 16.2. The summed E-state index contributed by atoms with van der Waals surface area (Å²) in [5, 5.41) is 6.28. The number of nitrogens with one attached hydrogen (secondary N) is 1. The Morgan fingerprint density at radius 1 is 0.756 bits per heavy atom. The Morgan fingerprint density at radius 3 is 2.60 bits per heavy atom. The number of hydrogen-bond acceptors (Lipinski definition) is 2. The van der Waals surface area contributed by atoms with E-state index < -0.39 is 0 Å². The summed E-state index contributed by atoms with van der Waals surface area (Å²) >= 11 is 0. The summed E-state index contributed by atoms with van der Waals surface area (Å²) in [4.78, 5) is 4.96. The van der Waals surface area contributed by atoms with E-state index in [1.165, 1.54) is 72.1 Å². The molecule has 0 saturated carbocycles. The number of allylic oxidation sites excluding steroid dienone is 7. The van der Waals surface area contributed by atoms with E-state index in [2.05, 4.69) is 139 Å². The zero-order valence-electron chi connectivity index (χ0n) is 25.0. The minimum atomic E-state index is -0.273. The summed E-state index contributed by atoms with van der Waals surface area (Å²) in [5.41, 5.74) is 15.8. The van der Waals surface area contributed by atoms with Gasteiger partial charge in [-0.25, -0.2) is 0 Å². The fourth-order valence-electron chi connectivity index (χ4n) is 9.08. The van der Waals surface area contributed by atoms with E-state index in [1.54, 1.807) is 0 Å². The van der Waals surface area contributed by atoms with Gasteiger partial charge < -0.3 is 5.32 Å². The summed E-state index contributed by atoms with van der Waals surface area (Å²) in [6, 6.07) is 33.9. The highest BCUT2D eigenvalue weighted by molar-refractivity contribution is 5.92. The molecular formula is C43H32N2. The van der Waals surface area contributed by atoms with Crippen molar-refractivity contribution in [3.8, 4) is 11.1 Å². The Kier molecular flexibility index (Phi) is 5.25. The molecule has 214 valence electrons. The molecule has 45 heavy (non-hydrogen) atoms. The lowest BCUT2D eigenvalue weighted by Gasteiger charge is -2.38. The van der Waals surface area contributed by atoms with E-state index in [1.807, 2.05) is 6.20 Å². The lowest BCUT2D eigenvalue weighted by Crippen LogP contribution is -2.35. The van der Waals surface area contributed by atoms with Crippen LogP contribution in [0.1, 0.15) is 51.4 Å². The molecule has 0 bridgehead atoms. The maximum absolute atomic E-state index is 4.96. The van der Waals surface area contributed by atoms with Gasteiger partial charge in [-0.15, -0.1) is 0 Å². The highest BCUT2D eigenvalue weighted by atomic mass is 14.9. The molecule has 2 nitrogen and oxygen atoms in total. The van der Waals surface area contributed by atoms with Gasteiger partial charge >= 0.3 is 0 Å². The molecule has 1 aromatic heterocycles. The number of hydrogen-bond donors (Lipinski definition) is 1. The van der Waals surface area contributed by atoms with Crippen molar-refractivity contribution in [2.45, 2.75) is 24.2 Å². The number of dihydropyridines is 1. The highest BCUT2D eigenvalue weighted by Gasteiger charge is 2.58. The largest absolute Gasteiger partial charge is 0.380 e. The second kappa shape index (κ2) is 9.39. The van der Waals surface area contributed by atoms with Crippen LogP contribution < -0.4 is 5.32 Å². The van der Waals surface area contributed by atoms with Crippen LogP contribution >= 0.6 is 0 Å². The van der Waals surface area contributed by atoms with Gasteiger partial charge in [0.05, 0.1) is 16.8 Å². The third kappa shape index (κ3) is 3.37. The number of benzene rings is 4. The first-order chi connectivity index (χ1) is 22.3. The van der Waals surface area contributed by atoms with Crippen LogP contribution in [0.25, 0.3) is 39.2 Å². The molecular weight excluding hydrogens is 544 g/mol. The third-order valence-corrected chi connectivity index (χ3v) is 10.9. The van der Waals surface area contributed by atoms with E-state index >= 15 is 0 Å². The monoisotopic (exact) mass is 576 g/mol. The van der Waals surface area contributed by atoms with Gasteiger partial charge in [0.15, 0.2) is 0 Å². The predicted molar refractivity (Wildman–Crippen MR) is 186 cm³/mol. The molecule has 4 aliphatic carbocycles. The van der Waals surface area contributed by atoms with Crippen LogP contribution in [0.3, 0.4) is 0 Å². The Labute approximate surface area is 263 Å². The van der Waals surface area contributed by atoms with Crippen molar-refractivity contribution in [2.24, 2.45) is 5.92 Å². The smallest absolute Gasteiger partial charge is 0.0909 e. The van der Waals surface area contributed by atoms with Gasteiger partial charge in [-0.3, -0.25) is 4.98 Å². The fourth-order valence-corrected chi connectivity index (χ4v) is 9.08. The number of aromatic nitrogens is 1. The molecule has 1 spiro atoms. The van der Waals surface area contributed by atoms with Crippen molar-refractivity contribution in [3.05, 3.63) is 178 Å². The van der Waals surface area contributed by atoms with Gasteiger partial charge in [0.1, 0.15) is 0 Å². The van der Waals surface area contributed by atoms with Crippen LogP contribution in [0.4, 0.5) is 0 Å². The SMILES string of the molecule is C1=Cc2c(-c3ccc4ccccc4c3)ccc(C3=CC4C(C=C3)c3ccccc3C43C4=C(NCC=C4)c4ncccc43)c2CC1. The Balaban J connectivity index is 1.17. The number of pyridine rings is 1. The second-order valence-electron chi connectivity index (χ2n) is 13.0. The number of nitrogens with zero attached hydrogens (tertiary/aromatic N) is 1. The lowest BCUT2D eigenvalue weighted by molar-refractivity contribution is 0.462. The summed E-state index contributed by atoms with van der Waals surface area (Å²) in [5.74, 6) is 0.567. The maximum atomic E-state index is 4.96. The van der Waals surface area contributed by atoms with Crippen LogP contribution in [0.2, 0.25) is 0 Å². The summed E-state index contributed by atoms with van der Waals surface area (Å²) in [7, 11) is 0. The molecule has 2 heterocycles. The average molecular weight is 577 g/mol. The normalized spacial score (nSPS) is 23.3. The topological polar surface area (TPSA) is 24.9 Å². The zero-order chi connectivity index (χ0) is 29.5. The van der Waals surface area contributed by atoms with E-state index in [0.29, 0.717) is 5.92 Å². The van der Waals surface area contributed by atoms with Crippen LogP contribution in [-0.2, 0) is 11.8 Å². The first-order valence-corrected chi connectivity index (χ1v) is 16.2. The molecule has 0 amide bonds. The first kappa shape index (κ1) is 25.2. The molecule has 1 aliphatic heterocycles. The average Bonchev–Trinajstić information content (AvgIpc) is 3.58. The van der Waals surface area contributed by atoms with Gasteiger partial charge in [0.2, 0.25) is 0 Å². The number of rotatable bonds is 2. The maximum Gasteiger partial charge on any atom is 0.0909 e. The van der Waals surface area contributed by atoms with Gasteiger partial charge in [-0.2, -0.15) is 0 Å². The van der Waals surface area contributed by atoms with Gasteiger partial charge in [-0.05, 0) is 91.4 Å². The van der Waals surface area contributed by atoms with Gasteiger partial charge in [0.25, 0.3) is 0 Å². The van der Waals surface area contributed by atoms with Crippen LogP contribution in [0, 0.1) is 5.92 Å². The second-order valence-corrected chi connectivity index (χ2v) is 13.0. The standard InChI is InChI=1S/C43H32N2/c1-2-10-28-25-29(18-17-27(28)9-1)31-21-22-32(34-12-4-3-11-33(31)34)30-19-20-36-35-13-5-6-14-37(35)43(40(36)26-30)38-15-7-23-44-41(38)42-39(43)16-8-24-45-42/h1-3,5-11,13-23,25-26,36,40,45H,4,12,24H2. The molecule has 0 saturated heterocycles. The number of fused-ring (bicyclic) bond motifs is 11. The van der Waals surface area contributed by atoms with E-state index in [-0.39, 0.29) is 11.3 Å². The predicted octanol–water partition coefficient (Wildman–Crippen LogP) is 9.40. The van der Waals surface area contributed by atoms with Crippen LogP contribution in [-0.4, -0.2) is 11.5 Å². The molecule has 0 radical (unpaired) electrons. The van der Waals surface area contributed by atoms with Crippen molar-refractivity contribution in [3.63, 3.8) is 0 Å². The molecule has 5 aliphatic rings. The minimum Gasteiger partial charge on any atom is -0.380 e. The Hall–Kier alpha value is -5.21. The summed E-state index contributed by atoms with van der Waals surface area (Å²) in [6.45, 7) is 0.838. The fraction of sp³-hybridized carbons (Fsp3) is 0.140. The Morgan fingerprint density at radius 2 is 1.62 bits per heavy atom. The lowest BCUT2D eigenvalue weighted by atomic mass is 9.64. The van der Waals surface area contributed by atoms with Gasteiger partial charge in [0, 0.05) is 24.6 Å². The molecule has 2 heteroatoms. The van der Waals surface area contributed by atoms with Crippen molar-refractivity contribution in [1.29, 1.82) is 0 Å². The molecule has 3 unspecified atom stereocenters. The van der Waals surface area contributed by atoms with Crippen molar-refractivity contribution in [1.82, 2.24) is 10.3 Å². The van der Waals surface area contributed by atoms with E-state index in [4.69, 9.17) is 4.98 Å². The summed E-state index contributed by atoms with van der Waals surface area (Å²) < 4.78 is 0. The van der Waals surface area contributed by atoms with E-state index in [0.717, 1.165) is 25.1 Å². The molecule has 4 aromatic carbocycles. The van der Waals surface area contributed by atoms with Gasteiger partial charge in [-0.1, -0.05) is 121 Å². The van der Waals surface area contributed by atoms with E-state index in [9.17, 15) is 0 Å². The molecule has 10 rings (SSSR count). The molecule has 0 fully saturated rings. The zero-order valence-corrected chi connectivity index (χ0v) is 25.0. The van der Waals surface area contributed by atoms with Crippen molar-refractivity contribution in [2.75, 3.05) is 6.54 Å². The quantitative estimate of drug-likeness (QED) is 0.226. The van der Waals surface area contributed by atoms with Crippen LogP contribution in [0.5, 0.6) is 0 Å².